The summed E-state index contributed by atoms with van der Waals surface area (Å²) in [5.74, 6) is -2.11. The molecule has 1 heterocycles. The van der Waals surface area contributed by atoms with Gasteiger partial charge in [-0.05, 0) is 0 Å². The van der Waals surface area contributed by atoms with Crippen LogP contribution in [0.1, 0.15) is 10.5 Å². The standard InChI is InChI=1S/C6H3F2NO/c7-5-1-4(3-10)9-2-6(5)8/h1-3H. The first kappa shape index (κ1) is 6.80. The Bertz CT molecular complexity index is 262. The molecule has 1 aromatic rings. The number of pyridine rings is 1. The van der Waals surface area contributed by atoms with Crippen LogP contribution < -0.4 is 0 Å². The molecule has 0 saturated heterocycles. The van der Waals surface area contributed by atoms with Gasteiger partial charge in [0.25, 0.3) is 0 Å². The van der Waals surface area contributed by atoms with Crippen molar-refractivity contribution in [1.82, 2.24) is 4.98 Å². The van der Waals surface area contributed by atoms with Crippen molar-refractivity contribution in [3.8, 4) is 0 Å². The highest BCUT2D eigenvalue weighted by Gasteiger charge is 2.01. The Morgan fingerprint density at radius 1 is 1.40 bits per heavy atom. The van der Waals surface area contributed by atoms with Crippen LogP contribution >= 0.6 is 0 Å². The van der Waals surface area contributed by atoms with Gasteiger partial charge in [-0.1, -0.05) is 0 Å². The van der Waals surface area contributed by atoms with Gasteiger partial charge >= 0.3 is 0 Å². The number of aromatic nitrogens is 1. The van der Waals surface area contributed by atoms with Crippen LogP contribution in [0.2, 0.25) is 0 Å². The van der Waals surface area contributed by atoms with Crippen molar-refractivity contribution in [2.75, 3.05) is 0 Å². The average Bonchev–Trinajstić information content (AvgIpc) is 1.95. The van der Waals surface area contributed by atoms with Gasteiger partial charge in [-0.15, -0.1) is 0 Å². The van der Waals surface area contributed by atoms with Crippen LogP contribution in [0.25, 0.3) is 0 Å². The largest absolute Gasteiger partial charge is 0.296 e. The van der Waals surface area contributed by atoms with Crippen LogP contribution in [0.15, 0.2) is 12.3 Å². The zero-order valence-electron chi connectivity index (χ0n) is 4.84. The van der Waals surface area contributed by atoms with E-state index in [0.29, 0.717) is 12.5 Å². The maximum absolute atomic E-state index is 12.2. The molecule has 52 valence electrons. The number of carbonyl (C=O) groups is 1. The predicted octanol–water partition coefficient (Wildman–Crippen LogP) is 1.17. The number of hydrogen-bond acceptors (Lipinski definition) is 2. The van der Waals surface area contributed by atoms with Gasteiger partial charge in [-0.25, -0.2) is 8.78 Å². The Morgan fingerprint density at radius 3 is 2.60 bits per heavy atom. The summed E-state index contributed by atoms with van der Waals surface area (Å²) >= 11 is 0. The minimum atomic E-state index is -1.06. The van der Waals surface area contributed by atoms with Crippen LogP contribution in [-0.2, 0) is 0 Å². The van der Waals surface area contributed by atoms with E-state index in [1.165, 1.54) is 0 Å². The van der Waals surface area contributed by atoms with Crippen molar-refractivity contribution in [1.29, 1.82) is 0 Å². The van der Waals surface area contributed by atoms with E-state index in [0.717, 1.165) is 6.07 Å². The molecule has 10 heavy (non-hydrogen) atoms. The van der Waals surface area contributed by atoms with E-state index in [1.54, 1.807) is 0 Å². The number of nitrogens with zero attached hydrogens (tertiary/aromatic N) is 1. The second kappa shape index (κ2) is 2.51. The van der Waals surface area contributed by atoms with Crippen molar-refractivity contribution in [2.24, 2.45) is 0 Å². The van der Waals surface area contributed by atoms with Gasteiger partial charge in [-0.2, -0.15) is 0 Å². The van der Waals surface area contributed by atoms with Crippen molar-refractivity contribution >= 4 is 6.29 Å². The molecule has 0 aromatic carbocycles. The molecule has 0 aliphatic heterocycles. The molecule has 0 saturated carbocycles. The van der Waals surface area contributed by atoms with Gasteiger partial charge in [0.15, 0.2) is 17.9 Å². The second-order valence-corrected chi connectivity index (χ2v) is 1.64. The molecule has 0 aliphatic rings. The highest BCUT2D eigenvalue weighted by molar-refractivity contribution is 5.71. The number of hydrogen-bond donors (Lipinski definition) is 0. The third-order valence-electron chi connectivity index (χ3n) is 0.950. The van der Waals surface area contributed by atoms with Gasteiger partial charge in [0.1, 0.15) is 5.69 Å². The fraction of sp³-hybridized carbons (Fsp3) is 0. The Balaban J connectivity index is 3.16. The van der Waals surface area contributed by atoms with Crippen molar-refractivity contribution in [3.05, 3.63) is 29.6 Å². The lowest BCUT2D eigenvalue weighted by molar-refractivity contribution is 0.111. The molecule has 0 aliphatic carbocycles. The zero-order chi connectivity index (χ0) is 7.56. The first-order valence-electron chi connectivity index (χ1n) is 2.50. The minimum Gasteiger partial charge on any atom is -0.296 e. The molecule has 0 fully saturated rings. The molecule has 0 bridgehead atoms. The summed E-state index contributed by atoms with van der Waals surface area (Å²) < 4.78 is 24.3. The fourth-order valence-corrected chi connectivity index (χ4v) is 0.493. The van der Waals surface area contributed by atoms with Gasteiger partial charge in [0.05, 0.1) is 6.20 Å². The summed E-state index contributed by atoms with van der Waals surface area (Å²) in [5.41, 5.74) is -0.112. The van der Waals surface area contributed by atoms with Gasteiger partial charge in [0.2, 0.25) is 0 Å². The van der Waals surface area contributed by atoms with E-state index in [9.17, 15) is 13.6 Å². The maximum Gasteiger partial charge on any atom is 0.177 e. The lowest BCUT2D eigenvalue weighted by Gasteiger charge is -1.90. The molecule has 0 amide bonds. The quantitative estimate of drug-likeness (QED) is 0.552. The summed E-state index contributed by atoms with van der Waals surface area (Å²) in [4.78, 5) is 13.2. The predicted molar refractivity (Wildman–Crippen MR) is 29.5 cm³/mol. The maximum atomic E-state index is 12.2. The summed E-state index contributed by atoms with van der Waals surface area (Å²) in [6.45, 7) is 0. The van der Waals surface area contributed by atoms with E-state index in [-0.39, 0.29) is 5.69 Å². The minimum absolute atomic E-state index is 0.112. The monoisotopic (exact) mass is 143 g/mol. The van der Waals surface area contributed by atoms with Gasteiger partial charge < -0.3 is 0 Å². The molecule has 0 unspecified atom stereocenters. The SMILES string of the molecule is O=Cc1cc(F)c(F)cn1. The molecule has 0 N–H and O–H groups in total. The Kier molecular flexibility index (Phi) is 1.71. The fourth-order valence-electron chi connectivity index (χ4n) is 0.493. The summed E-state index contributed by atoms with van der Waals surface area (Å²) in [6, 6.07) is 0.738. The molecular weight excluding hydrogens is 140 g/mol. The highest BCUT2D eigenvalue weighted by atomic mass is 19.2. The third-order valence-corrected chi connectivity index (χ3v) is 0.950. The molecule has 1 aromatic heterocycles. The Morgan fingerprint density at radius 2 is 2.10 bits per heavy atom. The van der Waals surface area contributed by atoms with Crippen LogP contribution in [0.5, 0.6) is 0 Å². The van der Waals surface area contributed by atoms with Crippen molar-refractivity contribution in [3.63, 3.8) is 0 Å². The summed E-state index contributed by atoms with van der Waals surface area (Å²) in [7, 11) is 0. The van der Waals surface area contributed by atoms with Crippen LogP contribution in [0.4, 0.5) is 8.78 Å². The molecule has 2 nitrogen and oxygen atoms in total. The van der Waals surface area contributed by atoms with Crippen molar-refractivity contribution < 1.29 is 13.6 Å². The molecule has 1 rings (SSSR count). The Hall–Kier alpha value is -1.32. The molecule has 0 spiro atoms. The van der Waals surface area contributed by atoms with E-state index >= 15 is 0 Å². The molecule has 0 radical (unpaired) electrons. The molecule has 4 heteroatoms. The van der Waals surface area contributed by atoms with Crippen LogP contribution in [0, 0.1) is 11.6 Å². The summed E-state index contributed by atoms with van der Waals surface area (Å²) in [6.07, 6.45) is 1.02. The highest BCUT2D eigenvalue weighted by Crippen LogP contribution is 2.02. The first-order valence-corrected chi connectivity index (χ1v) is 2.50. The Labute approximate surface area is 55.5 Å². The zero-order valence-corrected chi connectivity index (χ0v) is 4.84. The normalized spacial score (nSPS) is 9.40. The molecular formula is C6H3F2NO. The van der Waals surface area contributed by atoms with Gasteiger partial charge in [-0.3, -0.25) is 9.78 Å². The van der Waals surface area contributed by atoms with Crippen LogP contribution in [0.3, 0.4) is 0 Å². The lowest BCUT2D eigenvalue weighted by atomic mass is 10.3. The number of halogens is 2. The number of carbonyl (C=O) groups excluding carboxylic acids is 1. The number of rotatable bonds is 1. The second-order valence-electron chi connectivity index (χ2n) is 1.64. The van der Waals surface area contributed by atoms with Crippen molar-refractivity contribution in [2.45, 2.75) is 0 Å². The molecule has 0 atom stereocenters. The smallest absolute Gasteiger partial charge is 0.177 e. The average molecular weight is 143 g/mol. The van der Waals surface area contributed by atoms with E-state index in [2.05, 4.69) is 4.98 Å². The van der Waals surface area contributed by atoms with E-state index in [1.807, 2.05) is 0 Å². The topological polar surface area (TPSA) is 30.0 Å². The number of aldehydes is 1. The van der Waals surface area contributed by atoms with Crippen LogP contribution in [-0.4, -0.2) is 11.3 Å². The first-order chi connectivity index (χ1) is 4.74. The van der Waals surface area contributed by atoms with Gasteiger partial charge in [0, 0.05) is 6.07 Å². The van der Waals surface area contributed by atoms with E-state index in [4.69, 9.17) is 0 Å². The summed E-state index contributed by atoms with van der Waals surface area (Å²) in [5, 5.41) is 0. The van der Waals surface area contributed by atoms with E-state index < -0.39 is 11.6 Å². The third kappa shape index (κ3) is 1.15. The lowest BCUT2D eigenvalue weighted by Crippen LogP contribution is -1.91.